The molecule has 0 unspecified atom stereocenters. The number of methoxy groups -OCH3 is 1. The number of hydrogen-bond acceptors (Lipinski definition) is 4. The zero-order valence-corrected chi connectivity index (χ0v) is 17.1. The third-order valence-electron chi connectivity index (χ3n) is 5.43. The van der Waals surface area contributed by atoms with E-state index in [-0.39, 0.29) is 0 Å². The van der Waals surface area contributed by atoms with Gasteiger partial charge in [0.25, 0.3) is 0 Å². The van der Waals surface area contributed by atoms with Crippen LogP contribution in [0.2, 0.25) is 0 Å². The van der Waals surface area contributed by atoms with Gasteiger partial charge in [0.15, 0.2) is 5.65 Å². The van der Waals surface area contributed by atoms with Crippen molar-refractivity contribution >= 4 is 33.1 Å². The summed E-state index contributed by atoms with van der Waals surface area (Å²) in [5.41, 5.74) is 5.86. The summed E-state index contributed by atoms with van der Waals surface area (Å²) >= 11 is 0. The van der Waals surface area contributed by atoms with Crippen molar-refractivity contribution in [1.82, 2.24) is 14.5 Å². The number of rotatable bonds is 6. The summed E-state index contributed by atoms with van der Waals surface area (Å²) in [4.78, 5) is 9.86. The highest BCUT2D eigenvalue weighted by molar-refractivity contribution is 6.06. The van der Waals surface area contributed by atoms with Gasteiger partial charge in [-0.1, -0.05) is 30.3 Å². The number of para-hydroxylation sites is 3. The first-order chi connectivity index (χ1) is 14.7. The van der Waals surface area contributed by atoms with Crippen LogP contribution in [-0.4, -0.2) is 28.3 Å². The molecule has 2 heterocycles. The van der Waals surface area contributed by atoms with Crippen molar-refractivity contribution in [3.05, 3.63) is 72.3 Å². The zero-order valence-electron chi connectivity index (χ0n) is 17.1. The summed E-state index contributed by atoms with van der Waals surface area (Å²) in [6, 6.07) is 22.2. The maximum Gasteiger partial charge on any atom is 0.160 e. The molecule has 5 rings (SSSR count). The Kier molecular flexibility index (Phi) is 4.71. The monoisotopic (exact) mass is 397 g/mol. The Bertz CT molecular complexity index is 1360. The first-order valence-electron chi connectivity index (χ1n) is 10.2. The molecule has 0 atom stereocenters. The van der Waals surface area contributed by atoms with Gasteiger partial charge in [0, 0.05) is 11.9 Å². The average Bonchev–Trinajstić information content (AvgIpc) is 3.08. The van der Waals surface area contributed by atoms with Gasteiger partial charge in [-0.3, -0.25) is 0 Å². The molecule has 5 nitrogen and oxygen atoms in total. The number of fused-ring (bicyclic) bond motifs is 4. The molecule has 0 aliphatic rings. The number of nitrogens with zero attached hydrogens (tertiary/aromatic N) is 3. The highest BCUT2D eigenvalue weighted by atomic mass is 16.5. The van der Waals surface area contributed by atoms with Crippen LogP contribution in [0.1, 0.15) is 12.0 Å². The molecule has 0 fully saturated rings. The van der Waals surface area contributed by atoms with Crippen molar-refractivity contribution in [3.8, 4) is 11.5 Å². The van der Waals surface area contributed by atoms with Gasteiger partial charge in [-0.15, -0.1) is 0 Å². The maximum atomic E-state index is 6.00. The Labute approximate surface area is 174 Å². The van der Waals surface area contributed by atoms with Gasteiger partial charge in [0.2, 0.25) is 0 Å². The molecule has 0 N–H and O–H groups in total. The number of benzene rings is 3. The molecule has 0 bridgehead atoms. The minimum atomic E-state index is 0.642. The minimum absolute atomic E-state index is 0.642. The van der Waals surface area contributed by atoms with E-state index in [0.29, 0.717) is 6.61 Å². The standard InChI is InChI=1S/C25H23N3O2/c1-17-8-3-6-11-23(17)30-15-7-14-28-22-13-12-18(29-2)16-19(22)24-25(28)27-21-10-5-4-9-20(21)26-24/h3-6,8-13,16H,7,14-15H2,1-2H3. The van der Waals surface area contributed by atoms with Crippen LogP contribution in [0.3, 0.4) is 0 Å². The van der Waals surface area contributed by atoms with Crippen LogP contribution in [0.15, 0.2) is 66.7 Å². The van der Waals surface area contributed by atoms with Crippen molar-refractivity contribution in [3.63, 3.8) is 0 Å². The summed E-state index contributed by atoms with van der Waals surface area (Å²) in [6.45, 7) is 3.50. The molecular weight excluding hydrogens is 374 g/mol. The predicted octanol–water partition coefficient (Wildman–Crippen LogP) is 5.52. The van der Waals surface area contributed by atoms with Crippen LogP contribution < -0.4 is 9.47 Å². The predicted molar refractivity (Wildman–Crippen MR) is 120 cm³/mol. The van der Waals surface area contributed by atoms with E-state index < -0.39 is 0 Å². The first kappa shape index (κ1) is 18.4. The number of aromatic nitrogens is 3. The number of aryl methyl sites for hydroxylation is 2. The highest BCUT2D eigenvalue weighted by Gasteiger charge is 2.15. The van der Waals surface area contributed by atoms with Crippen molar-refractivity contribution in [2.24, 2.45) is 0 Å². The lowest BCUT2D eigenvalue weighted by molar-refractivity contribution is 0.301. The molecule has 0 spiro atoms. The molecule has 5 heteroatoms. The van der Waals surface area contributed by atoms with Crippen molar-refractivity contribution in [2.45, 2.75) is 19.9 Å². The molecule has 150 valence electrons. The zero-order chi connectivity index (χ0) is 20.5. The van der Waals surface area contributed by atoms with Gasteiger partial charge in [-0.25, -0.2) is 9.97 Å². The van der Waals surface area contributed by atoms with Crippen LogP contribution in [0.5, 0.6) is 11.5 Å². The SMILES string of the molecule is COc1ccc2c(c1)c1nc3ccccc3nc1n2CCCOc1ccccc1C. The molecule has 0 saturated heterocycles. The van der Waals surface area contributed by atoms with E-state index in [0.717, 1.165) is 63.1 Å². The number of hydrogen-bond donors (Lipinski definition) is 0. The molecular formula is C25H23N3O2. The Balaban J connectivity index is 1.52. The normalized spacial score (nSPS) is 11.4. The van der Waals surface area contributed by atoms with Crippen molar-refractivity contribution in [1.29, 1.82) is 0 Å². The van der Waals surface area contributed by atoms with E-state index in [9.17, 15) is 0 Å². The summed E-state index contributed by atoms with van der Waals surface area (Å²) in [7, 11) is 1.68. The fourth-order valence-corrected chi connectivity index (χ4v) is 3.89. The fraction of sp³-hybridized carbons (Fsp3) is 0.200. The summed E-state index contributed by atoms with van der Waals surface area (Å²) in [5, 5.41) is 1.06. The quantitative estimate of drug-likeness (QED) is 0.354. The smallest absolute Gasteiger partial charge is 0.160 e. The summed E-state index contributed by atoms with van der Waals surface area (Å²) in [5.74, 6) is 1.76. The summed E-state index contributed by atoms with van der Waals surface area (Å²) in [6.07, 6.45) is 0.869. The molecule has 3 aromatic carbocycles. The largest absolute Gasteiger partial charge is 0.497 e. The van der Waals surface area contributed by atoms with E-state index in [2.05, 4.69) is 23.6 Å². The molecule has 0 radical (unpaired) electrons. The van der Waals surface area contributed by atoms with E-state index >= 15 is 0 Å². The molecule has 2 aromatic heterocycles. The Morgan fingerprint density at radius 3 is 2.47 bits per heavy atom. The minimum Gasteiger partial charge on any atom is -0.497 e. The van der Waals surface area contributed by atoms with E-state index in [1.807, 2.05) is 54.6 Å². The third-order valence-corrected chi connectivity index (χ3v) is 5.43. The lowest BCUT2D eigenvalue weighted by Crippen LogP contribution is -2.06. The second kappa shape index (κ2) is 7.67. The van der Waals surface area contributed by atoms with Crippen LogP contribution in [0.25, 0.3) is 33.1 Å². The second-order valence-electron chi connectivity index (χ2n) is 7.39. The van der Waals surface area contributed by atoms with Gasteiger partial charge < -0.3 is 14.0 Å². The number of ether oxygens (including phenoxy) is 2. The molecule has 30 heavy (non-hydrogen) atoms. The average molecular weight is 397 g/mol. The lowest BCUT2D eigenvalue weighted by Gasteiger charge is -2.10. The maximum absolute atomic E-state index is 6.00. The van der Waals surface area contributed by atoms with Crippen molar-refractivity contribution < 1.29 is 9.47 Å². The molecule has 0 aliphatic carbocycles. The fourth-order valence-electron chi connectivity index (χ4n) is 3.89. The molecule has 5 aromatic rings. The van der Waals surface area contributed by atoms with Crippen LogP contribution >= 0.6 is 0 Å². The van der Waals surface area contributed by atoms with Gasteiger partial charge in [-0.05, 0) is 55.3 Å². The first-order valence-corrected chi connectivity index (χ1v) is 10.2. The lowest BCUT2D eigenvalue weighted by atomic mass is 10.2. The summed E-state index contributed by atoms with van der Waals surface area (Å²) < 4.78 is 13.7. The molecule has 0 amide bonds. The van der Waals surface area contributed by atoms with Gasteiger partial charge in [0.1, 0.15) is 17.0 Å². The van der Waals surface area contributed by atoms with Crippen molar-refractivity contribution in [2.75, 3.05) is 13.7 Å². The Morgan fingerprint density at radius 1 is 0.900 bits per heavy atom. The van der Waals surface area contributed by atoms with E-state index in [1.165, 1.54) is 0 Å². The second-order valence-corrected chi connectivity index (χ2v) is 7.39. The Morgan fingerprint density at radius 2 is 1.67 bits per heavy atom. The van der Waals surface area contributed by atoms with E-state index in [1.54, 1.807) is 7.11 Å². The molecule has 0 aliphatic heterocycles. The van der Waals surface area contributed by atoms with Crippen LogP contribution in [-0.2, 0) is 6.54 Å². The molecule has 0 saturated carbocycles. The van der Waals surface area contributed by atoms with Gasteiger partial charge in [-0.2, -0.15) is 0 Å². The highest BCUT2D eigenvalue weighted by Crippen LogP contribution is 2.31. The van der Waals surface area contributed by atoms with Gasteiger partial charge >= 0.3 is 0 Å². The van der Waals surface area contributed by atoms with Crippen LogP contribution in [0, 0.1) is 6.92 Å². The van der Waals surface area contributed by atoms with E-state index in [4.69, 9.17) is 19.4 Å². The Hall–Kier alpha value is -3.60. The van der Waals surface area contributed by atoms with Gasteiger partial charge in [0.05, 0.1) is 30.3 Å². The topological polar surface area (TPSA) is 49.2 Å². The van der Waals surface area contributed by atoms with Crippen LogP contribution in [0.4, 0.5) is 0 Å². The third kappa shape index (κ3) is 3.22.